The van der Waals surface area contributed by atoms with Crippen LogP contribution in [0.5, 0.6) is 0 Å². The van der Waals surface area contributed by atoms with Gasteiger partial charge in [-0.25, -0.2) is 13.2 Å². The summed E-state index contributed by atoms with van der Waals surface area (Å²) in [6, 6.07) is 7.95. The van der Waals surface area contributed by atoms with E-state index >= 15 is 0 Å². The van der Waals surface area contributed by atoms with E-state index in [9.17, 15) is 23.1 Å². The molecule has 28 heavy (non-hydrogen) atoms. The highest BCUT2D eigenvalue weighted by atomic mass is 32.2. The zero-order chi connectivity index (χ0) is 19.9. The molecule has 1 aromatic carbocycles. The number of H-pyrrole nitrogens is 1. The number of piperidine rings is 1. The van der Waals surface area contributed by atoms with Crippen LogP contribution in [0.25, 0.3) is 10.8 Å². The molecule has 1 saturated heterocycles. The molecule has 1 fully saturated rings. The highest BCUT2D eigenvalue weighted by Gasteiger charge is 2.43. The number of hydrogen-bond acceptors (Lipinski definition) is 6. The summed E-state index contributed by atoms with van der Waals surface area (Å²) >= 11 is 2.52. The molecule has 3 aromatic rings. The van der Waals surface area contributed by atoms with Crippen molar-refractivity contribution < 1.29 is 18.3 Å². The first-order chi connectivity index (χ1) is 13.3. The van der Waals surface area contributed by atoms with E-state index in [0.717, 1.165) is 9.21 Å². The molecule has 3 heterocycles. The fourth-order valence-corrected chi connectivity index (χ4v) is 4.84. The van der Waals surface area contributed by atoms with Gasteiger partial charge in [-0.3, -0.25) is 4.79 Å². The van der Waals surface area contributed by atoms with Crippen molar-refractivity contribution >= 4 is 44.7 Å². The second-order valence-electron chi connectivity index (χ2n) is 6.50. The second kappa shape index (κ2) is 7.34. The molecular formula is C18H16F3N3O2S2. The Morgan fingerprint density at radius 2 is 2.14 bits per heavy atom. The molecule has 0 bridgehead atoms. The molecule has 0 radical (unpaired) electrons. The van der Waals surface area contributed by atoms with Crippen LogP contribution < -0.4 is 15.2 Å². The number of aromatic nitrogens is 1. The monoisotopic (exact) mass is 427 g/mol. The van der Waals surface area contributed by atoms with Gasteiger partial charge in [0.05, 0.1) is 21.4 Å². The van der Waals surface area contributed by atoms with Gasteiger partial charge in [0.1, 0.15) is 11.9 Å². The van der Waals surface area contributed by atoms with Crippen LogP contribution in [-0.2, 0) is 0 Å². The summed E-state index contributed by atoms with van der Waals surface area (Å²) in [5, 5.41) is 11.2. The number of fused-ring (bicyclic) bond motifs is 1. The van der Waals surface area contributed by atoms with Gasteiger partial charge in [0.25, 0.3) is 11.5 Å². The normalized spacial score (nSPS) is 19.1. The number of pyridine rings is 1. The molecule has 148 valence electrons. The molecule has 0 aliphatic carbocycles. The summed E-state index contributed by atoms with van der Waals surface area (Å²) in [7, 11) is 0. The first-order valence-corrected chi connectivity index (χ1v) is 10.1. The number of halogens is 3. The van der Waals surface area contributed by atoms with Gasteiger partial charge in [-0.1, -0.05) is 0 Å². The van der Waals surface area contributed by atoms with Crippen molar-refractivity contribution in [2.45, 2.75) is 22.7 Å². The standard InChI is InChI=1S/C18H16F3N3O2S2/c19-12-7-10-3-5-22-17(26)11(10)8-13(12)23-28-16-2-1-15(27-16)24-6-4-18(20,21)14(25)9-24/h1-3,5,7-8,14,23,25H,4,6,9H2,(H,22,26). The quantitative estimate of drug-likeness (QED) is 0.548. The van der Waals surface area contributed by atoms with E-state index in [1.807, 2.05) is 0 Å². The summed E-state index contributed by atoms with van der Waals surface area (Å²) in [6.45, 7) is 0.0251. The molecule has 1 unspecified atom stereocenters. The van der Waals surface area contributed by atoms with Crippen LogP contribution in [0.3, 0.4) is 0 Å². The number of anilines is 2. The number of benzene rings is 1. The van der Waals surface area contributed by atoms with Crippen LogP contribution >= 0.6 is 23.3 Å². The first kappa shape index (κ1) is 19.2. The smallest absolute Gasteiger partial charge is 0.276 e. The third-order valence-corrected chi connectivity index (χ3v) is 6.70. The Bertz CT molecular complexity index is 1070. The maximum Gasteiger partial charge on any atom is 0.276 e. The van der Waals surface area contributed by atoms with E-state index in [1.54, 1.807) is 23.1 Å². The highest BCUT2D eigenvalue weighted by Crippen LogP contribution is 2.37. The van der Waals surface area contributed by atoms with E-state index in [4.69, 9.17) is 0 Å². The topological polar surface area (TPSA) is 68.4 Å². The van der Waals surface area contributed by atoms with Gasteiger partial charge < -0.3 is 19.7 Å². The van der Waals surface area contributed by atoms with Crippen molar-refractivity contribution in [2.24, 2.45) is 0 Å². The third kappa shape index (κ3) is 3.71. The lowest BCUT2D eigenvalue weighted by Crippen LogP contribution is -2.50. The zero-order valence-electron chi connectivity index (χ0n) is 14.4. The van der Waals surface area contributed by atoms with Crippen molar-refractivity contribution in [3.05, 3.63) is 52.7 Å². The molecule has 0 spiro atoms. The Hall–Kier alpha value is -2.17. The summed E-state index contributed by atoms with van der Waals surface area (Å²) in [5.74, 6) is -3.54. The molecule has 4 rings (SSSR count). The molecule has 0 amide bonds. The maximum atomic E-state index is 14.3. The number of nitrogens with zero attached hydrogens (tertiary/aromatic N) is 1. The SMILES string of the molecule is O=c1[nH]ccc2cc(F)c(NSc3ccc(N4CCC(F)(F)C(O)C4)s3)cc12. The lowest BCUT2D eigenvalue weighted by molar-refractivity contribution is -0.117. The summed E-state index contributed by atoms with van der Waals surface area (Å²) < 4.78 is 44.8. The molecule has 2 aromatic heterocycles. The number of thiophene rings is 1. The van der Waals surface area contributed by atoms with Gasteiger partial charge in [0, 0.05) is 24.5 Å². The Balaban J connectivity index is 1.47. The minimum absolute atomic E-state index is 0.132. The molecule has 10 heteroatoms. The van der Waals surface area contributed by atoms with Crippen molar-refractivity contribution in [2.75, 3.05) is 22.7 Å². The number of aliphatic hydroxyl groups is 1. The van der Waals surface area contributed by atoms with Crippen LogP contribution in [0.2, 0.25) is 0 Å². The number of hydrogen-bond donors (Lipinski definition) is 3. The molecule has 1 aliphatic rings. The minimum Gasteiger partial charge on any atom is -0.385 e. The molecule has 1 atom stereocenters. The van der Waals surface area contributed by atoms with Gasteiger partial charge in [-0.2, -0.15) is 0 Å². The van der Waals surface area contributed by atoms with E-state index in [-0.39, 0.29) is 24.3 Å². The van der Waals surface area contributed by atoms with Crippen molar-refractivity contribution in [3.63, 3.8) is 0 Å². The molecule has 1 aliphatic heterocycles. The van der Waals surface area contributed by atoms with Crippen molar-refractivity contribution in [3.8, 4) is 0 Å². The number of β-amino-alcohol motifs (C(OH)–C–C–N with tert-alkyl or cyclic N) is 1. The van der Waals surface area contributed by atoms with Crippen molar-refractivity contribution in [1.29, 1.82) is 0 Å². The van der Waals surface area contributed by atoms with Gasteiger partial charge in [0.15, 0.2) is 0 Å². The van der Waals surface area contributed by atoms with Gasteiger partial charge in [0.2, 0.25) is 0 Å². The zero-order valence-corrected chi connectivity index (χ0v) is 16.0. The van der Waals surface area contributed by atoms with Crippen molar-refractivity contribution in [1.82, 2.24) is 4.98 Å². The highest BCUT2D eigenvalue weighted by molar-refractivity contribution is 8.02. The summed E-state index contributed by atoms with van der Waals surface area (Å²) in [6.07, 6.45) is -0.627. The summed E-state index contributed by atoms with van der Waals surface area (Å²) in [5.41, 5.74) is -0.124. The summed E-state index contributed by atoms with van der Waals surface area (Å²) in [4.78, 5) is 16.1. The molecule has 3 N–H and O–H groups in total. The van der Waals surface area contributed by atoms with Gasteiger partial charge >= 0.3 is 0 Å². The average Bonchev–Trinajstić information content (AvgIpc) is 3.12. The van der Waals surface area contributed by atoms with E-state index < -0.39 is 24.3 Å². The third-order valence-electron chi connectivity index (χ3n) is 4.60. The minimum atomic E-state index is -3.06. The Morgan fingerprint density at radius 1 is 1.32 bits per heavy atom. The number of nitrogens with one attached hydrogen (secondary N) is 2. The van der Waals surface area contributed by atoms with Crippen LogP contribution in [0, 0.1) is 5.82 Å². The predicted molar refractivity (Wildman–Crippen MR) is 106 cm³/mol. The predicted octanol–water partition coefficient (Wildman–Crippen LogP) is 4.05. The first-order valence-electron chi connectivity index (χ1n) is 8.48. The van der Waals surface area contributed by atoms with Gasteiger partial charge in [-0.05, 0) is 47.7 Å². The van der Waals surface area contributed by atoms with Crippen LogP contribution in [0.15, 0.2) is 45.5 Å². The lowest BCUT2D eigenvalue weighted by Gasteiger charge is -2.36. The fraction of sp³-hybridized carbons (Fsp3) is 0.278. The largest absolute Gasteiger partial charge is 0.385 e. The number of rotatable bonds is 4. The lowest BCUT2D eigenvalue weighted by atomic mass is 10.0. The number of aromatic amines is 1. The van der Waals surface area contributed by atoms with E-state index in [2.05, 4.69) is 9.71 Å². The van der Waals surface area contributed by atoms with E-state index in [0.29, 0.717) is 10.8 Å². The Kier molecular flexibility index (Phi) is 5.02. The Morgan fingerprint density at radius 3 is 2.93 bits per heavy atom. The molecular weight excluding hydrogens is 411 g/mol. The van der Waals surface area contributed by atoms with E-state index in [1.165, 1.54) is 41.6 Å². The molecule has 0 saturated carbocycles. The number of alkyl halides is 2. The molecule has 5 nitrogen and oxygen atoms in total. The van der Waals surface area contributed by atoms with Crippen LogP contribution in [0.4, 0.5) is 23.9 Å². The van der Waals surface area contributed by atoms with Crippen LogP contribution in [-0.4, -0.2) is 35.2 Å². The number of aliphatic hydroxyl groups excluding tert-OH is 1. The van der Waals surface area contributed by atoms with Crippen LogP contribution in [0.1, 0.15) is 6.42 Å². The maximum absolute atomic E-state index is 14.3. The fourth-order valence-electron chi connectivity index (χ4n) is 3.01. The van der Waals surface area contributed by atoms with Gasteiger partial charge in [-0.15, -0.1) is 11.3 Å². The second-order valence-corrected chi connectivity index (χ2v) is 8.66. The average molecular weight is 427 g/mol. The Labute approximate surface area is 166 Å².